The van der Waals surface area contributed by atoms with Gasteiger partial charge in [0.1, 0.15) is 0 Å². The average Bonchev–Trinajstić information content (AvgIpc) is 2.96. The molecule has 3 rings (SSSR count). The number of halogens is 4. The first kappa shape index (κ1) is 17.0. The van der Waals surface area contributed by atoms with Gasteiger partial charge < -0.3 is 5.32 Å². The first-order chi connectivity index (χ1) is 11.4. The van der Waals surface area contributed by atoms with E-state index in [0.717, 1.165) is 15.2 Å². The quantitative estimate of drug-likeness (QED) is 0.285. The van der Waals surface area contributed by atoms with Crippen molar-refractivity contribution in [1.82, 2.24) is 15.2 Å². The van der Waals surface area contributed by atoms with Crippen LogP contribution in [0.2, 0.25) is 0 Å². The van der Waals surface area contributed by atoms with Crippen molar-refractivity contribution in [2.24, 2.45) is 0 Å². The molecular formula is C15H10F3IN4S. The zero-order valence-corrected chi connectivity index (χ0v) is 15.2. The number of aryl methyl sites for hydroxylation is 1. The summed E-state index contributed by atoms with van der Waals surface area (Å²) in [6.45, 7) is 1.82. The molecule has 2 aromatic carbocycles. The summed E-state index contributed by atoms with van der Waals surface area (Å²) in [6, 6.07) is 6.29. The van der Waals surface area contributed by atoms with Gasteiger partial charge in [-0.2, -0.15) is 4.98 Å². The number of hydrogen-bond acceptors (Lipinski definition) is 3. The molecule has 0 aliphatic rings. The van der Waals surface area contributed by atoms with Gasteiger partial charge in [-0.05, 0) is 71.6 Å². The number of aromatic nitrogens is 3. The summed E-state index contributed by atoms with van der Waals surface area (Å²) >= 11 is 7.00. The van der Waals surface area contributed by atoms with E-state index in [-0.39, 0.29) is 21.8 Å². The van der Waals surface area contributed by atoms with E-state index >= 15 is 0 Å². The van der Waals surface area contributed by atoms with Crippen LogP contribution in [0, 0.1) is 32.7 Å². The molecule has 0 bridgehead atoms. The molecule has 0 unspecified atom stereocenters. The summed E-state index contributed by atoms with van der Waals surface area (Å²) < 4.78 is 42.8. The lowest BCUT2D eigenvalue weighted by atomic mass is 10.1. The highest BCUT2D eigenvalue weighted by Gasteiger charge is 2.22. The van der Waals surface area contributed by atoms with Crippen LogP contribution in [-0.2, 0) is 0 Å². The fourth-order valence-electron chi connectivity index (χ4n) is 2.20. The Morgan fingerprint density at radius 2 is 1.88 bits per heavy atom. The largest absolute Gasteiger partial charge is 0.352 e. The molecule has 1 aromatic heterocycles. The van der Waals surface area contributed by atoms with Gasteiger partial charge in [-0.25, -0.2) is 13.2 Å². The van der Waals surface area contributed by atoms with Crippen LogP contribution in [0.25, 0.3) is 11.4 Å². The second-order valence-corrected chi connectivity index (χ2v) is 6.64. The highest BCUT2D eigenvalue weighted by molar-refractivity contribution is 14.1. The van der Waals surface area contributed by atoms with Crippen LogP contribution in [0.5, 0.6) is 0 Å². The smallest absolute Gasteiger partial charge is 0.213 e. The van der Waals surface area contributed by atoms with Crippen LogP contribution in [-0.4, -0.2) is 15.2 Å². The molecule has 0 amide bonds. The fourth-order valence-corrected chi connectivity index (χ4v) is 2.99. The minimum absolute atomic E-state index is 0.0247. The highest BCUT2D eigenvalue weighted by atomic mass is 127. The zero-order chi connectivity index (χ0) is 17.4. The molecule has 3 N–H and O–H groups in total. The number of anilines is 2. The predicted octanol–water partition coefficient (Wildman–Crippen LogP) is 5.21. The van der Waals surface area contributed by atoms with Crippen molar-refractivity contribution >= 4 is 46.2 Å². The van der Waals surface area contributed by atoms with Gasteiger partial charge in [0.15, 0.2) is 23.3 Å². The minimum Gasteiger partial charge on any atom is -0.352 e. The van der Waals surface area contributed by atoms with Crippen molar-refractivity contribution in [2.45, 2.75) is 6.92 Å². The van der Waals surface area contributed by atoms with Crippen molar-refractivity contribution in [3.8, 4) is 11.4 Å². The van der Waals surface area contributed by atoms with Crippen molar-refractivity contribution < 1.29 is 13.2 Å². The molecule has 4 nitrogen and oxygen atoms in total. The highest BCUT2D eigenvalue weighted by Crippen LogP contribution is 2.34. The molecule has 0 aliphatic heterocycles. The van der Waals surface area contributed by atoms with Crippen LogP contribution in [0.4, 0.5) is 24.5 Å². The lowest BCUT2D eigenvalue weighted by Crippen LogP contribution is -2.04. The Bertz CT molecular complexity index is 983. The summed E-state index contributed by atoms with van der Waals surface area (Å²) in [7, 11) is 0. The Morgan fingerprint density at radius 3 is 2.50 bits per heavy atom. The maximum absolute atomic E-state index is 14.4. The summed E-state index contributed by atoms with van der Waals surface area (Å²) in [5.41, 5.74) is 1.19. The number of nitrogens with one attached hydrogen (secondary N) is 3. The molecule has 24 heavy (non-hydrogen) atoms. The molecule has 0 spiro atoms. The standard InChI is InChI=1S/C15H10F3IN4S/c1-6-4-7(19)2-3-10(6)20-13-8(14-21-15(24)23-22-14)5-9(16)11(17)12(13)18/h2-5,20H,1H3,(H2,21,22,23,24). The first-order valence-corrected chi connectivity index (χ1v) is 8.21. The SMILES string of the molecule is Cc1cc(I)ccc1Nc1c(-c2nc(=S)[nH][nH]2)cc(F)c(F)c1F. The molecule has 3 aromatic rings. The molecule has 0 radical (unpaired) electrons. The zero-order valence-electron chi connectivity index (χ0n) is 12.2. The van der Waals surface area contributed by atoms with E-state index < -0.39 is 17.5 Å². The molecular weight excluding hydrogens is 452 g/mol. The molecule has 0 fully saturated rings. The molecule has 0 saturated carbocycles. The van der Waals surface area contributed by atoms with Crippen molar-refractivity contribution in [2.75, 3.05) is 5.32 Å². The molecule has 0 saturated heterocycles. The van der Waals surface area contributed by atoms with E-state index in [9.17, 15) is 13.2 Å². The number of rotatable bonds is 3. The Morgan fingerprint density at radius 1 is 1.12 bits per heavy atom. The number of hydrogen-bond donors (Lipinski definition) is 3. The average molecular weight is 462 g/mol. The second-order valence-electron chi connectivity index (χ2n) is 5.01. The number of nitrogens with zero attached hydrogens (tertiary/aromatic N) is 1. The Balaban J connectivity index is 2.18. The van der Waals surface area contributed by atoms with E-state index in [2.05, 4.69) is 43.1 Å². The van der Waals surface area contributed by atoms with Gasteiger partial charge in [-0.1, -0.05) is 0 Å². The van der Waals surface area contributed by atoms with Gasteiger partial charge in [0.05, 0.1) is 5.69 Å². The molecule has 124 valence electrons. The van der Waals surface area contributed by atoms with Crippen LogP contribution < -0.4 is 5.32 Å². The normalized spacial score (nSPS) is 10.9. The molecule has 0 atom stereocenters. The molecule has 1 heterocycles. The summed E-state index contributed by atoms with van der Waals surface area (Å²) in [5.74, 6) is -4.10. The van der Waals surface area contributed by atoms with E-state index in [1.54, 1.807) is 6.07 Å². The van der Waals surface area contributed by atoms with E-state index in [4.69, 9.17) is 12.2 Å². The maximum Gasteiger partial charge on any atom is 0.213 e. The molecule has 0 aliphatic carbocycles. The van der Waals surface area contributed by atoms with Crippen molar-refractivity contribution in [3.63, 3.8) is 0 Å². The first-order valence-electron chi connectivity index (χ1n) is 6.72. The third-order valence-electron chi connectivity index (χ3n) is 3.37. The minimum atomic E-state index is -1.56. The predicted molar refractivity (Wildman–Crippen MR) is 96.3 cm³/mol. The van der Waals surface area contributed by atoms with Crippen LogP contribution in [0.15, 0.2) is 24.3 Å². The Kier molecular flexibility index (Phi) is 4.63. The third kappa shape index (κ3) is 3.18. The van der Waals surface area contributed by atoms with Gasteiger partial charge in [-0.15, -0.1) is 0 Å². The Hall–Kier alpha value is -1.88. The lowest BCUT2D eigenvalue weighted by Gasteiger charge is -2.15. The lowest BCUT2D eigenvalue weighted by molar-refractivity contribution is 0.450. The number of benzene rings is 2. The summed E-state index contributed by atoms with van der Waals surface area (Å²) in [5, 5.41) is 7.97. The topological polar surface area (TPSA) is 56.5 Å². The van der Waals surface area contributed by atoms with Gasteiger partial charge in [-0.3, -0.25) is 10.2 Å². The maximum atomic E-state index is 14.4. The summed E-state index contributed by atoms with van der Waals surface area (Å²) in [4.78, 5) is 3.94. The number of H-pyrrole nitrogens is 2. The van der Waals surface area contributed by atoms with Crippen LogP contribution in [0.3, 0.4) is 0 Å². The summed E-state index contributed by atoms with van der Waals surface area (Å²) in [6.07, 6.45) is 0. The number of aromatic amines is 2. The van der Waals surface area contributed by atoms with Crippen LogP contribution >= 0.6 is 34.8 Å². The van der Waals surface area contributed by atoms with E-state index in [1.165, 1.54) is 0 Å². The van der Waals surface area contributed by atoms with Crippen molar-refractivity contribution in [1.29, 1.82) is 0 Å². The monoisotopic (exact) mass is 462 g/mol. The fraction of sp³-hybridized carbons (Fsp3) is 0.0667. The van der Waals surface area contributed by atoms with E-state index in [1.807, 2.05) is 19.1 Å². The van der Waals surface area contributed by atoms with Crippen molar-refractivity contribution in [3.05, 3.63) is 55.6 Å². The van der Waals surface area contributed by atoms with Gasteiger partial charge in [0.2, 0.25) is 4.77 Å². The van der Waals surface area contributed by atoms with Gasteiger partial charge in [0.25, 0.3) is 0 Å². The third-order valence-corrected chi connectivity index (χ3v) is 4.23. The Labute approximate surface area is 153 Å². The van der Waals surface area contributed by atoms with Crippen LogP contribution in [0.1, 0.15) is 5.56 Å². The second kappa shape index (κ2) is 6.55. The molecule has 9 heteroatoms. The van der Waals surface area contributed by atoms with E-state index in [0.29, 0.717) is 5.69 Å². The van der Waals surface area contributed by atoms with Gasteiger partial charge >= 0.3 is 0 Å². The van der Waals surface area contributed by atoms with Gasteiger partial charge in [0, 0.05) is 14.8 Å².